The monoisotopic (exact) mass is 494 g/mol. The number of pyridine rings is 1. The number of carbonyl (C=O) groups excluding carboxylic acids is 2. The van der Waals surface area contributed by atoms with E-state index in [-0.39, 0.29) is 17.2 Å². The van der Waals surface area contributed by atoms with Gasteiger partial charge in [-0.15, -0.1) is 0 Å². The van der Waals surface area contributed by atoms with Gasteiger partial charge in [-0.3, -0.25) is 9.59 Å². The molecular weight excluding hydrogens is 464 g/mol. The van der Waals surface area contributed by atoms with Gasteiger partial charge < -0.3 is 14.2 Å². The standard InChI is InChI=1S/C31H30N2O4/c1-4-26(30(35)33-19-9-11-21-10-5-8-14-25(21)33)37-31(36)28-27(22-17-15-20(2)16-18-22)23-12-6-7-13-24(23)29(34)32(28)3/h5-8,10,12-18,26H,4,9,11,19H2,1-3H3. The molecule has 0 fully saturated rings. The number of hydrogen-bond acceptors (Lipinski definition) is 4. The number of benzene rings is 3. The number of ether oxygens (including phenoxy) is 1. The summed E-state index contributed by atoms with van der Waals surface area (Å²) in [6, 6.07) is 22.9. The number of para-hydroxylation sites is 1. The number of carbonyl (C=O) groups is 2. The van der Waals surface area contributed by atoms with E-state index in [2.05, 4.69) is 0 Å². The second-order valence-electron chi connectivity index (χ2n) is 9.52. The lowest BCUT2D eigenvalue weighted by molar-refractivity contribution is -0.127. The van der Waals surface area contributed by atoms with Crippen LogP contribution in [0, 0.1) is 6.92 Å². The molecule has 0 aliphatic carbocycles. The number of nitrogens with zero attached hydrogens (tertiary/aromatic N) is 2. The van der Waals surface area contributed by atoms with Gasteiger partial charge in [0.25, 0.3) is 11.5 Å². The van der Waals surface area contributed by atoms with Crippen molar-refractivity contribution in [2.75, 3.05) is 11.4 Å². The Hall–Kier alpha value is -4.19. The first-order valence-corrected chi connectivity index (χ1v) is 12.7. The highest BCUT2D eigenvalue weighted by molar-refractivity contribution is 6.07. The molecule has 6 heteroatoms. The molecule has 3 aromatic carbocycles. The topological polar surface area (TPSA) is 68.6 Å². The third-order valence-electron chi connectivity index (χ3n) is 7.11. The summed E-state index contributed by atoms with van der Waals surface area (Å²) in [4.78, 5) is 42.3. The predicted molar refractivity (Wildman–Crippen MR) is 146 cm³/mol. The van der Waals surface area contributed by atoms with Gasteiger partial charge in [0, 0.05) is 30.2 Å². The molecule has 1 unspecified atom stereocenters. The van der Waals surface area contributed by atoms with E-state index in [0.717, 1.165) is 35.2 Å². The van der Waals surface area contributed by atoms with Gasteiger partial charge in [-0.2, -0.15) is 0 Å². The van der Waals surface area contributed by atoms with Crippen LogP contribution in [0.2, 0.25) is 0 Å². The van der Waals surface area contributed by atoms with E-state index >= 15 is 0 Å². The van der Waals surface area contributed by atoms with Gasteiger partial charge in [0.15, 0.2) is 6.10 Å². The SMILES string of the molecule is CCC(OC(=O)c1c(-c2ccc(C)cc2)c2ccccc2c(=O)n1C)C(=O)N1CCCc2ccccc21. The molecule has 37 heavy (non-hydrogen) atoms. The van der Waals surface area contributed by atoms with Gasteiger partial charge in [-0.25, -0.2) is 4.79 Å². The lowest BCUT2D eigenvalue weighted by Crippen LogP contribution is -2.44. The first-order valence-electron chi connectivity index (χ1n) is 12.7. The number of hydrogen-bond donors (Lipinski definition) is 0. The van der Waals surface area contributed by atoms with Crippen LogP contribution in [-0.4, -0.2) is 29.1 Å². The van der Waals surface area contributed by atoms with Gasteiger partial charge in [-0.05, 0) is 54.8 Å². The Kier molecular flexibility index (Phi) is 6.66. The number of amides is 1. The molecule has 1 aromatic heterocycles. The zero-order valence-corrected chi connectivity index (χ0v) is 21.4. The smallest absolute Gasteiger partial charge is 0.356 e. The number of fused-ring (bicyclic) bond motifs is 2. The molecule has 2 heterocycles. The Morgan fingerprint density at radius 1 is 0.946 bits per heavy atom. The molecule has 0 saturated carbocycles. The van der Waals surface area contributed by atoms with Crippen molar-refractivity contribution in [3.63, 3.8) is 0 Å². The summed E-state index contributed by atoms with van der Waals surface area (Å²) in [5, 5.41) is 1.19. The van der Waals surface area contributed by atoms with E-state index in [4.69, 9.17) is 4.74 Å². The molecule has 0 spiro atoms. The number of aromatic nitrogens is 1. The molecule has 1 atom stereocenters. The maximum Gasteiger partial charge on any atom is 0.356 e. The zero-order chi connectivity index (χ0) is 26.1. The van der Waals surface area contributed by atoms with E-state index in [9.17, 15) is 14.4 Å². The fraction of sp³-hybridized carbons (Fsp3) is 0.258. The summed E-state index contributed by atoms with van der Waals surface area (Å²) in [7, 11) is 1.58. The van der Waals surface area contributed by atoms with Crippen molar-refractivity contribution >= 4 is 28.3 Å². The van der Waals surface area contributed by atoms with Crippen molar-refractivity contribution in [1.29, 1.82) is 0 Å². The van der Waals surface area contributed by atoms with Crippen molar-refractivity contribution in [3.05, 3.63) is 100.0 Å². The van der Waals surface area contributed by atoms with Crippen LogP contribution in [0.15, 0.2) is 77.6 Å². The van der Waals surface area contributed by atoms with Gasteiger partial charge in [0.05, 0.1) is 0 Å². The molecule has 1 amide bonds. The lowest BCUT2D eigenvalue weighted by atomic mass is 9.96. The molecule has 188 valence electrons. The maximum absolute atomic E-state index is 13.8. The molecule has 0 radical (unpaired) electrons. The summed E-state index contributed by atoms with van der Waals surface area (Å²) in [5.74, 6) is -0.933. The van der Waals surface area contributed by atoms with E-state index in [1.165, 1.54) is 4.57 Å². The van der Waals surface area contributed by atoms with Gasteiger partial charge >= 0.3 is 5.97 Å². The van der Waals surface area contributed by atoms with Gasteiger partial charge in [-0.1, -0.05) is 73.2 Å². The van der Waals surface area contributed by atoms with Crippen molar-refractivity contribution in [2.24, 2.45) is 7.05 Å². The summed E-state index contributed by atoms with van der Waals surface area (Å²) in [6.07, 6.45) is 1.12. The van der Waals surface area contributed by atoms with Crippen LogP contribution >= 0.6 is 0 Å². The van der Waals surface area contributed by atoms with Crippen LogP contribution in [-0.2, 0) is 23.0 Å². The minimum atomic E-state index is -0.967. The maximum atomic E-state index is 13.8. The van der Waals surface area contributed by atoms with Crippen LogP contribution in [0.3, 0.4) is 0 Å². The number of aryl methyl sites for hydroxylation is 2. The summed E-state index contributed by atoms with van der Waals surface area (Å²) in [5.41, 5.74) is 4.33. The zero-order valence-electron chi connectivity index (χ0n) is 21.4. The Labute approximate surface area is 216 Å². The highest BCUT2D eigenvalue weighted by atomic mass is 16.5. The lowest BCUT2D eigenvalue weighted by Gasteiger charge is -2.32. The van der Waals surface area contributed by atoms with Crippen molar-refractivity contribution in [3.8, 4) is 11.1 Å². The minimum absolute atomic E-state index is 0.137. The number of esters is 1. The molecule has 0 N–H and O–H groups in total. The van der Waals surface area contributed by atoms with Gasteiger partial charge in [0.1, 0.15) is 5.69 Å². The molecule has 0 saturated heterocycles. The van der Waals surface area contributed by atoms with Crippen molar-refractivity contribution < 1.29 is 14.3 Å². The largest absolute Gasteiger partial charge is 0.448 e. The molecule has 4 aromatic rings. The Balaban J connectivity index is 1.57. The Morgan fingerprint density at radius 3 is 2.35 bits per heavy atom. The Morgan fingerprint density at radius 2 is 1.62 bits per heavy atom. The van der Waals surface area contributed by atoms with Crippen molar-refractivity contribution in [2.45, 2.75) is 39.2 Å². The molecule has 6 nitrogen and oxygen atoms in total. The number of rotatable bonds is 5. The fourth-order valence-corrected chi connectivity index (χ4v) is 5.15. The number of anilines is 1. The molecule has 1 aliphatic heterocycles. The van der Waals surface area contributed by atoms with Crippen LogP contribution in [0.25, 0.3) is 21.9 Å². The molecule has 0 bridgehead atoms. The average molecular weight is 495 g/mol. The van der Waals surface area contributed by atoms with Crippen LogP contribution in [0.5, 0.6) is 0 Å². The highest BCUT2D eigenvalue weighted by Gasteiger charge is 2.32. The van der Waals surface area contributed by atoms with Gasteiger partial charge in [0.2, 0.25) is 0 Å². The average Bonchev–Trinajstić information content (AvgIpc) is 2.93. The van der Waals surface area contributed by atoms with E-state index < -0.39 is 12.1 Å². The summed E-state index contributed by atoms with van der Waals surface area (Å²) >= 11 is 0. The van der Waals surface area contributed by atoms with E-state index in [1.54, 1.807) is 18.0 Å². The fourth-order valence-electron chi connectivity index (χ4n) is 5.15. The predicted octanol–water partition coefficient (Wildman–Crippen LogP) is 5.43. The summed E-state index contributed by atoms with van der Waals surface area (Å²) in [6.45, 7) is 4.40. The third kappa shape index (κ3) is 4.44. The normalized spacial score (nSPS) is 13.8. The Bertz CT molecular complexity index is 1550. The molecule has 5 rings (SSSR count). The minimum Gasteiger partial charge on any atom is -0.448 e. The van der Waals surface area contributed by atoms with Crippen LogP contribution in [0.1, 0.15) is 41.4 Å². The quantitative estimate of drug-likeness (QED) is 0.347. The van der Waals surface area contributed by atoms with E-state index in [0.29, 0.717) is 29.3 Å². The second kappa shape index (κ2) is 10.1. The second-order valence-corrected chi connectivity index (χ2v) is 9.52. The first-order chi connectivity index (χ1) is 17.9. The van der Waals surface area contributed by atoms with Crippen LogP contribution < -0.4 is 10.5 Å². The third-order valence-corrected chi connectivity index (χ3v) is 7.11. The van der Waals surface area contributed by atoms with Crippen LogP contribution in [0.4, 0.5) is 5.69 Å². The van der Waals surface area contributed by atoms with E-state index in [1.807, 2.05) is 80.6 Å². The highest BCUT2D eigenvalue weighted by Crippen LogP contribution is 2.32. The summed E-state index contributed by atoms with van der Waals surface area (Å²) < 4.78 is 7.24. The molecule has 1 aliphatic rings. The molecular formula is C31H30N2O4. The van der Waals surface area contributed by atoms with Crippen molar-refractivity contribution in [1.82, 2.24) is 4.57 Å². The first kappa shape index (κ1) is 24.5.